The molecule has 24 heavy (non-hydrogen) atoms. The monoisotopic (exact) mass is 322 g/mol. The Labute approximate surface area is 145 Å². The van der Waals surface area contributed by atoms with Crippen molar-refractivity contribution in [3.05, 3.63) is 71.8 Å². The number of nitriles is 1. The summed E-state index contributed by atoms with van der Waals surface area (Å²) in [7, 11) is 0. The first-order chi connectivity index (χ1) is 11.7. The molecule has 0 aliphatic rings. The number of nitrogens with zero attached hydrogens (tertiary/aromatic N) is 2. The minimum atomic E-state index is -0.623. The van der Waals surface area contributed by atoms with Gasteiger partial charge in [-0.15, -0.1) is 0 Å². The summed E-state index contributed by atoms with van der Waals surface area (Å²) in [5.41, 5.74) is 2.30. The van der Waals surface area contributed by atoms with Crippen LogP contribution >= 0.6 is 0 Å². The van der Waals surface area contributed by atoms with Gasteiger partial charge in [0.25, 0.3) is 0 Å². The first kappa shape index (κ1) is 18.2. The lowest BCUT2D eigenvalue weighted by Crippen LogP contribution is -2.42. The molecule has 0 heterocycles. The molecule has 0 saturated carbocycles. The van der Waals surface area contributed by atoms with Crippen molar-refractivity contribution in [2.75, 3.05) is 0 Å². The van der Waals surface area contributed by atoms with Gasteiger partial charge in [0.15, 0.2) is 0 Å². The van der Waals surface area contributed by atoms with Crippen molar-refractivity contribution in [3.8, 4) is 6.07 Å². The van der Waals surface area contributed by atoms with Gasteiger partial charge in [-0.25, -0.2) is 0 Å². The molecule has 0 bridgehead atoms. The summed E-state index contributed by atoms with van der Waals surface area (Å²) >= 11 is 0. The van der Waals surface area contributed by atoms with Crippen molar-refractivity contribution in [2.45, 2.75) is 51.4 Å². The summed E-state index contributed by atoms with van der Waals surface area (Å²) in [6.45, 7) is 3.40. The van der Waals surface area contributed by atoms with Gasteiger partial charge >= 0.3 is 0 Å². The molecule has 126 valence electrons. The molecule has 0 amide bonds. The summed E-state index contributed by atoms with van der Waals surface area (Å²) in [6, 6.07) is 22.1. The van der Waals surface area contributed by atoms with Gasteiger partial charge in [-0.1, -0.05) is 80.4 Å². The largest absolute Gasteiger partial charge is 0.390 e. The van der Waals surface area contributed by atoms with Crippen LogP contribution in [0.15, 0.2) is 60.7 Å². The maximum Gasteiger partial charge on any atom is 0.125 e. The highest BCUT2D eigenvalue weighted by atomic mass is 16.3. The zero-order valence-corrected chi connectivity index (χ0v) is 14.3. The van der Waals surface area contributed by atoms with Crippen LogP contribution in [0.2, 0.25) is 0 Å². The maximum atomic E-state index is 10.5. The van der Waals surface area contributed by atoms with Crippen LogP contribution in [0.25, 0.3) is 0 Å². The Morgan fingerprint density at radius 3 is 1.88 bits per heavy atom. The number of unbranched alkanes of at least 4 members (excludes halogenated alkanes) is 1. The van der Waals surface area contributed by atoms with E-state index < -0.39 is 12.1 Å². The Morgan fingerprint density at radius 1 is 0.958 bits per heavy atom. The van der Waals surface area contributed by atoms with Gasteiger partial charge in [0.2, 0.25) is 0 Å². The van der Waals surface area contributed by atoms with E-state index in [4.69, 9.17) is 0 Å². The van der Waals surface area contributed by atoms with Crippen LogP contribution in [0.3, 0.4) is 0 Å². The van der Waals surface area contributed by atoms with E-state index in [2.05, 4.69) is 42.2 Å². The molecule has 0 aliphatic heterocycles. The molecule has 0 spiro atoms. The fourth-order valence-corrected chi connectivity index (χ4v) is 2.87. The van der Waals surface area contributed by atoms with Crippen molar-refractivity contribution < 1.29 is 5.11 Å². The highest BCUT2D eigenvalue weighted by Crippen LogP contribution is 2.18. The van der Waals surface area contributed by atoms with E-state index in [1.807, 2.05) is 36.4 Å². The first-order valence-corrected chi connectivity index (χ1v) is 8.64. The van der Waals surface area contributed by atoms with Gasteiger partial charge in [-0.3, -0.25) is 4.90 Å². The van der Waals surface area contributed by atoms with Crippen LogP contribution in [0, 0.1) is 11.3 Å². The Kier molecular flexibility index (Phi) is 7.48. The molecule has 2 aromatic carbocycles. The van der Waals surface area contributed by atoms with Gasteiger partial charge in [0.1, 0.15) is 6.04 Å². The predicted molar refractivity (Wildman–Crippen MR) is 97.1 cm³/mol. The summed E-state index contributed by atoms with van der Waals surface area (Å²) < 4.78 is 0. The van der Waals surface area contributed by atoms with Crippen molar-refractivity contribution in [1.29, 1.82) is 5.26 Å². The standard InChI is InChI=1S/C21H26N2O/c1-2-3-14-21(24)20(15-22)23(16-18-10-6-4-7-11-18)17-19-12-8-5-9-13-19/h4-13,20-21,24H,2-3,14,16-17H2,1H3/t20-,21-/m1/s1. The maximum absolute atomic E-state index is 10.5. The average Bonchev–Trinajstić information content (AvgIpc) is 2.62. The lowest BCUT2D eigenvalue weighted by Gasteiger charge is -2.30. The topological polar surface area (TPSA) is 47.3 Å². The fourth-order valence-electron chi connectivity index (χ4n) is 2.87. The molecular weight excluding hydrogens is 296 g/mol. The van der Waals surface area contributed by atoms with Gasteiger partial charge in [-0.2, -0.15) is 5.26 Å². The number of rotatable bonds is 9. The van der Waals surface area contributed by atoms with Gasteiger partial charge < -0.3 is 5.11 Å². The minimum Gasteiger partial charge on any atom is -0.390 e. The molecule has 0 aromatic heterocycles. The second-order valence-electron chi connectivity index (χ2n) is 6.16. The zero-order chi connectivity index (χ0) is 17.2. The van der Waals surface area contributed by atoms with E-state index in [1.165, 1.54) is 0 Å². The minimum absolute atomic E-state index is 0.503. The molecule has 0 aliphatic carbocycles. The third kappa shape index (κ3) is 5.49. The van der Waals surface area contributed by atoms with Crippen molar-refractivity contribution in [3.63, 3.8) is 0 Å². The van der Waals surface area contributed by atoms with E-state index in [1.54, 1.807) is 0 Å². The van der Waals surface area contributed by atoms with Crippen LogP contribution in [-0.4, -0.2) is 22.2 Å². The fraction of sp³-hybridized carbons (Fsp3) is 0.381. The summed E-state index contributed by atoms with van der Waals surface area (Å²) in [5.74, 6) is 0. The highest BCUT2D eigenvalue weighted by molar-refractivity contribution is 5.18. The van der Waals surface area contributed by atoms with Crippen LogP contribution in [0.5, 0.6) is 0 Å². The quantitative estimate of drug-likeness (QED) is 0.755. The summed E-state index contributed by atoms with van der Waals surface area (Å²) in [4.78, 5) is 2.07. The Bertz CT molecular complexity index is 580. The van der Waals surface area contributed by atoms with Crippen LogP contribution < -0.4 is 0 Å². The first-order valence-electron chi connectivity index (χ1n) is 8.64. The highest BCUT2D eigenvalue weighted by Gasteiger charge is 2.26. The molecule has 0 fully saturated rings. The average molecular weight is 322 g/mol. The lowest BCUT2D eigenvalue weighted by molar-refractivity contribution is 0.0608. The van der Waals surface area contributed by atoms with E-state index in [9.17, 15) is 10.4 Å². The van der Waals surface area contributed by atoms with E-state index in [-0.39, 0.29) is 0 Å². The Hall–Kier alpha value is -2.15. The second kappa shape index (κ2) is 9.87. The number of hydrogen-bond acceptors (Lipinski definition) is 3. The molecule has 0 saturated heterocycles. The summed E-state index contributed by atoms with van der Waals surface area (Å²) in [6.07, 6.45) is 1.99. The second-order valence-corrected chi connectivity index (χ2v) is 6.16. The van der Waals surface area contributed by atoms with Crippen LogP contribution in [0.1, 0.15) is 37.3 Å². The normalized spacial score (nSPS) is 13.4. The van der Waals surface area contributed by atoms with Crippen LogP contribution in [-0.2, 0) is 13.1 Å². The Balaban J connectivity index is 2.18. The smallest absolute Gasteiger partial charge is 0.125 e. The SMILES string of the molecule is CCCC[C@@H](O)[C@@H](C#N)N(Cc1ccccc1)Cc1ccccc1. The van der Waals surface area contributed by atoms with Gasteiger partial charge in [-0.05, 0) is 17.5 Å². The Morgan fingerprint density at radius 2 is 1.46 bits per heavy atom. The molecule has 0 radical (unpaired) electrons. The molecular formula is C21H26N2O. The number of hydrogen-bond donors (Lipinski definition) is 1. The molecule has 2 rings (SSSR count). The number of aliphatic hydroxyl groups excluding tert-OH is 1. The summed E-state index contributed by atoms with van der Waals surface area (Å²) in [5, 5.41) is 20.2. The lowest BCUT2D eigenvalue weighted by atomic mass is 10.0. The van der Waals surface area contributed by atoms with Crippen LogP contribution in [0.4, 0.5) is 0 Å². The van der Waals surface area contributed by atoms with Crippen molar-refractivity contribution in [2.24, 2.45) is 0 Å². The van der Waals surface area contributed by atoms with E-state index >= 15 is 0 Å². The van der Waals surface area contributed by atoms with E-state index in [0.29, 0.717) is 19.5 Å². The molecule has 3 heteroatoms. The third-order valence-electron chi connectivity index (χ3n) is 4.20. The molecule has 3 nitrogen and oxygen atoms in total. The number of aliphatic hydroxyl groups is 1. The zero-order valence-electron chi connectivity index (χ0n) is 14.3. The van der Waals surface area contributed by atoms with Gasteiger partial charge in [0.05, 0.1) is 12.2 Å². The predicted octanol–water partition coefficient (Wildman–Crippen LogP) is 4.13. The van der Waals surface area contributed by atoms with Crippen molar-refractivity contribution >= 4 is 0 Å². The molecule has 2 aromatic rings. The van der Waals surface area contributed by atoms with Crippen molar-refractivity contribution in [1.82, 2.24) is 4.90 Å². The van der Waals surface area contributed by atoms with Gasteiger partial charge in [0, 0.05) is 13.1 Å². The molecule has 0 unspecified atom stereocenters. The van der Waals surface area contributed by atoms with E-state index in [0.717, 1.165) is 24.0 Å². The molecule has 1 N–H and O–H groups in total. The third-order valence-corrected chi connectivity index (χ3v) is 4.20. The number of benzene rings is 2. The molecule has 2 atom stereocenters.